The molecule has 1 saturated heterocycles. The molecular weight excluding hydrogens is 328 g/mol. The van der Waals surface area contributed by atoms with E-state index in [-0.39, 0.29) is 17.7 Å². The van der Waals surface area contributed by atoms with Crippen LogP contribution in [0.4, 0.5) is 14.5 Å². The molecule has 1 aliphatic rings. The number of carbonyl (C=O) groups excluding carboxylic acids is 1. The summed E-state index contributed by atoms with van der Waals surface area (Å²) in [5.74, 6) is 0.0393. The average molecular weight is 347 g/mol. The molecule has 7 heteroatoms. The van der Waals surface area contributed by atoms with Crippen molar-refractivity contribution in [2.75, 3.05) is 18.0 Å². The van der Waals surface area contributed by atoms with E-state index in [0.29, 0.717) is 5.56 Å². The van der Waals surface area contributed by atoms with Gasteiger partial charge in [0.2, 0.25) is 0 Å². The van der Waals surface area contributed by atoms with Gasteiger partial charge in [-0.2, -0.15) is 8.78 Å². The summed E-state index contributed by atoms with van der Waals surface area (Å²) in [7, 11) is 0. The van der Waals surface area contributed by atoms with Crippen LogP contribution in [-0.4, -0.2) is 36.6 Å². The maximum Gasteiger partial charge on any atom is 0.387 e. The molecule has 0 saturated carbocycles. The molecule has 0 radical (unpaired) electrons. The van der Waals surface area contributed by atoms with Crippen LogP contribution in [0.25, 0.3) is 0 Å². The van der Waals surface area contributed by atoms with Gasteiger partial charge in [-0.3, -0.25) is 9.78 Å². The molecule has 0 spiro atoms. The number of amides is 1. The number of aromatic nitrogens is 1. The van der Waals surface area contributed by atoms with Crippen LogP contribution in [0.2, 0.25) is 0 Å². The number of hydrogen-bond acceptors (Lipinski definition) is 4. The van der Waals surface area contributed by atoms with Gasteiger partial charge in [0.25, 0.3) is 5.91 Å². The Morgan fingerprint density at radius 3 is 2.52 bits per heavy atom. The quantitative estimate of drug-likeness (QED) is 0.903. The Morgan fingerprint density at radius 1 is 1.20 bits per heavy atom. The van der Waals surface area contributed by atoms with Crippen molar-refractivity contribution in [3.05, 3.63) is 54.4 Å². The minimum Gasteiger partial charge on any atom is -0.435 e. The number of piperidine rings is 1. The molecule has 1 N–H and O–H groups in total. The number of ether oxygens (including phenoxy) is 1. The van der Waals surface area contributed by atoms with E-state index in [1.165, 1.54) is 12.1 Å². The molecule has 0 aliphatic carbocycles. The first-order valence-electron chi connectivity index (χ1n) is 8.12. The molecule has 1 aromatic carbocycles. The van der Waals surface area contributed by atoms with Crippen molar-refractivity contribution in [3.63, 3.8) is 0 Å². The Balaban J connectivity index is 1.51. The van der Waals surface area contributed by atoms with Crippen LogP contribution < -0.4 is 15.0 Å². The summed E-state index contributed by atoms with van der Waals surface area (Å²) in [6, 6.07) is 10.2. The topological polar surface area (TPSA) is 54.5 Å². The highest BCUT2D eigenvalue weighted by atomic mass is 19.3. The minimum absolute atomic E-state index is 0.111. The lowest BCUT2D eigenvalue weighted by Crippen LogP contribution is -2.44. The van der Waals surface area contributed by atoms with Crippen LogP contribution in [0, 0.1) is 0 Å². The number of rotatable bonds is 5. The molecule has 1 amide bonds. The number of alkyl halides is 2. The Morgan fingerprint density at radius 2 is 1.92 bits per heavy atom. The molecule has 1 aliphatic heterocycles. The fourth-order valence-corrected chi connectivity index (χ4v) is 2.89. The van der Waals surface area contributed by atoms with E-state index in [4.69, 9.17) is 0 Å². The third kappa shape index (κ3) is 4.65. The van der Waals surface area contributed by atoms with Gasteiger partial charge in [0.15, 0.2) is 0 Å². The van der Waals surface area contributed by atoms with E-state index in [1.807, 2.05) is 0 Å². The van der Waals surface area contributed by atoms with Gasteiger partial charge < -0.3 is 15.0 Å². The summed E-state index contributed by atoms with van der Waals surface area (Å²) in [5.41, 5.74) is 1.51. The molecular formula is C18H19F2N3O2. The van der Waals surface area contributed by atoms with Gasteiger partial charge >= 0.3 is 6.61 Å². The van der Waals surface area contributed by atoms with E-state index in [9.17, 15) is 13.6 Å². The van der Waals surface area contributed by atoms with Crippen LogP contribution >= 0.6 is 0 Å². The zero-order valence-electron chi connectivity index (χ0n) is 13.6. The van der Waals surface area contributed by atoms with Crippen LogP contribution in [0.5, 0.6) is 5.75 Å². The third-order valence-electron chi connectivity index (χ3n) is 4.18. The van der Waals surface area contributed by atoms with Gasteiger partial charge in [0, 0.05) is 37.2 Å². The van der Waals surface area contributed by atoms with E-state index in [1.54, 1.807) is 36.7 Å². The molecule has 2 heterocycles. The van der Waals surface area contributed by atoms with Crippen LogP contribution in [0.3, 0.4) is 0 Å². The molecule has 132 valence electrons. The molecule has 0 atom stereocenters. The van der Waals surface area contributed by atoms with Crippen molar-refractivity contribution >= 4 is 11.6 Å². The maximum atomic E-state index is 12.2. The number of nitrogens with zero attached hydrogens (tertiary/aromatic N) is 2. The van der Waals surface area contributed by atoms with Crippen molar-refractivity contribution < 1.29 is 18.3 Å². The van der Waals surface area contributed by atoms with Crippen molar-refractivity contribution in [2.24, 2.45) is 0 Å². The highest BCUT2D eigenvalue weighted by molar-refractivity contribution is 5.94. The summed E-state index contributed by atoms with van der Waals surface area (Å²) in [6.07, 6.45) is 4.82. The highest BCUT2D eigenvalue weighted by Gasteiger charge is 2.21. The number of benzene rings is 1. The number of hydrogen-bond donors (Lipinski definition) is 1. The average Bonchev–Trinajstić information content (AvgIpc) is 2.63. The summed E-state index contributed by atoms with van der Waals surface area (Å²) in [6.45, 7) is -1.25. The smallest absolute Gasteiger partial charge is 0.387 e. The Kier molecular flexibility index (Phi) is 5.42. The van der Waals surface area contributed by atoms with Crippen molar-refractivity contribution in [2.45, 2.75) is 25.5 Å². The van der Waals surface area contributed by atoms with Crippen LogP contribution in [0.1, 0.15) is 23.2 Å². The Labute approximate surface area is 144 Å². The van der Waals surface area contributed by atoms with E-state index >= 15 is 0 Å². The predicted molar refractivity (Wildman–Crippen MR) is 90.0 cm³/mol. The van der Waals surface area contributed by atoms with Gasteiger partial charge in [-0.1, -0.05) is 0 Å². The first kappa shape index (κ1) is 17.1. The van der Waals surface area contributed by atoms with Gasteiger partial charge in [0.1, 0.15) is 5.75 Å². The monoisotopic (exact) mass is 347 g/mol. The van der Waals surface area contributed by atoms with E-state index in [0.717, 1.165) is 31.6 Å². The molecule has 0 unspecified atom stereocenters. The molecule has 1 fully saturated rings. The fourth-order valence-electron chi connectivity index (χ4n) is 2.89. The number of carbonyl (C=O) groups is 1. The lowest BCUT2D eigenvalue weighted by molar-refractivity contribution is -0.0498. The Hall–Kier alpha value is -2.70. The van der Waals surface area contributed by atoms with Crippen molar-refractivity contribution in [1.82, 2.24) is 10.3 Å². The second kappa shape index (κ2) is 7.92. The predicted octanol–water partition coefficient (Wildman–Crippen LogP) is 3.08. The molecule has 2 aromatic rings. The van der Waals surface area contributed by atoms with Gasteiger partial charge in [-0.15, -0.1) is 0 Å². The molecule has 1 aromatic heterocycles. The van der Waals surface area contributed by atoms with Gasteiger partial charge in [0.05, 0.1) is 5.56 Å². The number of nitrogens with one attached hydrogen (secondary N) is 1. The normalized spacial score (nSPS) is 15.2. The lowest BCUT2D eigenvalue weighted by atomic mass is 10.0. The zero-order valence-corrected chi connectivity index (χ0v) is 13.6. The maximum absolute atomic E-state index is 12.2. The SMILES string of the molecule is O=C(NC1CCN(c2ccc(OC(F)F)cc2)CC1)c1cccnc1. The summed E-state index contributed by atoms with van der Waals surface area (Å²) in [5, 5.41) is 3.03. The largest absolute Gasteiger partial charge is 0.435 e. The van der Waals surface area contributed by atoms with Crippen LogP contribution in [-0.2, 0) is 0 Å². The summed E-state index contributed by atoms with van der Waals surface area (Å²) in [4.78, 5) is 18.3. The first-order valence-corrected chi connectivity index (χ1v) is 8.12. The van der Waals surface area contributed by atoms with E-state index < -0.39 is 6.61 Å². The minimum atomic E-state index is -2.81. The zero-order chi connectivity index (χ0) is 17.6. The van der Waals surface area contributed by atoms with E-state index in [2.05, 4.69) is 19.9 Å². The lowest BCUT2D eigenvalue weighted by Gasteiger charge is -2.34. The molecule has 0 bridgehead atoms. The van der Waals surface area contributed by atoms with Gasteiger partial charge in [-0.05, 0) is 49.2 Å². The number of anilines is 1. The molecule has 25 heavy (non-hydrogen) atoms. The van der Waals surface area contributed by atoms with Gasteiger partial charge in [-0.25, -0.2) is 0 Å². The third-order valence-corrected chi connectivity index (χ3v) is 4.18. The van der Waals surface area contributed by atoms with Crippen LogP contribution in [0.15, 0.2) is 48.8 Å². The van der Waals surface area contributed by atoms with Crippen molar-refractivity contribution in [3.8, 4) is 5.75 Å². The van der Waals surface area contributed by atoms with Crippen molar-refractivity contribution in [1.29, 1.82) is 0 Å². The molecule has 5 nitrogen and oxygen atoms in total. The summed E-state index contributed by atoms with van der Waals surface area (Å²) < 4.78 is 28.7. The Bertz CT molecular complexity index is 687. The number of pyridine rings is 1. The standard InChI is InChI=1S/C18H19F2N3O2/c19-18(20)25-16-5-3-15(4-6-16)23-10-7-14(8-11-23)22-17(24)13-2-1-9-21-12-13/h1-6,9,12,14,18H,7-8,10-11H2,(H,22,24). The fraction of sp³-hybridized carbons (Fsp3) is 0.333. The second-order valence-corrected chi connectivity index (χ2v) is 5.85. The number of halogens is 2. The highest BCUT2D eigenvalue weighted by Crippen LogP contribution is 2.24. The molecule has 3 rings (SSSR count). The second-order valence-electron chi connectivity index (χ2n) is 5.85. The first-order chi connectivity index (χ1) is 12.1. The summed E-state index contributed by atoms with van der Waals surface area (Å²) >= 11 is 0.